The monoisotopic (exact) mass is 168 g/mol. The minimum atomic E-state index is 0.216. The summed E-state index contributed by atoms with van der Waals surface area (Å²) < 4.78 is 0. The van der Waals surface area contributed by atoms with Gasteiger partial charge in [-0.05, 0) is 24.4 Å². The molecule has 12 heavy (non-hydrogen) atoms. The zero-order valence-corrected chi connectivity index (χ0v) is 7.77. The van der Waals surface area contributed by atoms with Crippen LogP contribution in [-0.2, 0) is 0 Å². The molecular weight excluding hydrogens is 152 g/mol. The average molecular weight is 168 g/mol. The Morgan fingerprint density at radius 2 is 2.42 bits per heavy atom. The highest BCUT2D eigenvalue weighted by Gasteiger charge is 2.21. The molecule has 68 valence electrons. The maximum atomic E-state index is 8.23. The molecule has 0 N–H and O–H groups in total. The van der Waals surface area contributed by atoms with Gasteiger partial charge in [0, 0.05) is 18.0 Å². The van der Waals surface area contributed by atoms with Gasteiger partial charge in [0.25, 0.3) is 0 Å². The average Bonchev–Trinajstić information content (AvgIpc) is 2.36. The van der Waals surface area contributed by atoms with Crippen LogP contribution in [0.2, 0.25) is 0 Å². The topological polar surface area (TPSA) is 52.0 Å². The molecule has 1 atom stereocenters. The fourth-order valence-electron chi connectivity index (χ4n) is 1.66. The lowest BCUT2D eigenvalue weighted by atomic mass is 10.2. The Hall–Kier alpha value is -0.730. The highest BCUT2D eigenvalue weighted by molar-refractivity contribution is 4.81. The number of likely N-dealkylation sites (tertiary alicyclic amines) is 1. The van der Waals surface area contributed by atoms with Gasteiger partial charge in [0.15, 0.2) is 0 Å². The van der Waals surface area contributed by atoms with Crippen molar-refractivity contribution < 1.29 is 0 Å². The van der Waals surface area contributed by atoms with E-state index in [0.29, 0.717) is 5.92 Å². The standard InChI is InChI=1S/C8H16N4/c1-7(2)5-12-4-3-8(6-12)10-11-9/h7-8H,3-6H2,1-2H3/t8-/m0/s1. The molecule has 4 nitrogen and oxygen atoms in total. The van der Waals surface area contributed by atoms with E-state index >= 15 is 0 Å². The summed E-state index contributed by atoms with van der Waals surface area (Å²) in [5.41, 5.74) is 8.23. The molecule has 4 heteroatoms. The van der Waals surface area contributed by atoms with E-state index in [0.717, 1.165) is 26.1 Å². The largest absolute Gasteiger partial charge is 0.303 e. The second kappa shape index (κ2) is 4.33. The summed E-state index contributed by atoms with van der Waals surface area (Å²) in [7, 11) is 0. The second-order valence-corrected chi connectivity index (χ2v) is 3.80. The molecule has 0 aromatic rings. The quantitative estimate of drug-likeness (QED) is 0.361. The Balaban J connectivity index is 2.30. The third kappa shape index (κ3) is 2.72. The van der Waals surface area contributed by atoms with Gasteiger partial charge in [-0.25, -0.2) is 0 Å². The lowest BCUT2D eigenvalue weighted by Crippen LogP contribution is -2.25. The number of rotatable bonds is 3. The van der Waals surface area contributed by atoms with Crippen LogP contribution < -0.4 is 0 Å². The molecule has 0 bridgehead atoms. The van der Waals surface area contributed by atoms with Crippen molar-refractivity contribution in [1.29, 1.82) is 0 Å². The minimum Gasteiger partial charge on any atom is -0.303 e. The second-order valence-electron chi connectivity index (χ2n) is 3.80. The first kappa shape index (κ1) is 9.36. The first-order valence-electron chi connectivity index (χ1n) is 4.49. The molecule has 0 amide bonds. The van der Waals surface area contributed by atoms with Crippen molar-refractivity contribution in [2.75, 3.05) is 19.6 Å². The lowest BCUT2D eigenvalue weighted by molar-refractivity contribution is 0.295. The summed E-state index contributed by atoms with van der Waals surface area (Å²) in [6.45, 7) is 7.57. The van der Waals surface area contributed by atoms with Crippen LogP contribution in [0.3, 0.4) is 0 Å². The van der Waals surface area contributed by atoms with E-state index in [-0.39, 0.29) is 6.04 Å². The number of nitrogens with zero attached hydrogens (tertiary/aromatic N) is 4. The Labute approximate surface area is 73.2 Å². The highest BCUT2D eigenvalue weighted by atomic mass is 15.2. The predicted molar refractivity (Wildman–Crippen MR) is 48.8 cm³/mol. The van der Waals surface area contributed by atoms with Crippen LogP contribution in [-0.4, -0.2) is 30.6 Å². The van der Waals surface area contributed by atoms with Crippen LogP contribution in [0, 0.1) is 5.92 Å². The lowest BCUT2D eigenvalue weighted by Gasteiger charge is -2.16. The maximum absolute atomic E-state index is 8.23. The van der Waals surface area contributed by atoms with Gasteiger partial charge in [-0.3, -0.25) is 0 Å². The van der Waals surface area contributed by atoms with Crippen LogP contribution in [0.4, 0.5) is 0 Å². The van der Waals surface area contributed by atoms with Crippen LogP contribution in [0.25, 0.3) is 10.4 Å². The van der Waals surface area contributed by atoms with Gasteiger partial charge in [0.2, 0.25) is 0 Å². The van der Waals surface area contributed by atoms with Crippen LogP contribution in [0.1, 0.15) is 20.3 Å². The molecule has 0 aromatic heterocycles. The highest BCUT2D eigenvalue weighted by Crippen LogP contribution is 2.13. The van der Waals surface area contributed by atoms with Crippen LogP contribution in [0.5, 0.6) is 0 Å². The van der Waals surface area contributed by atoms with Gasteiger partial charge < -0.3 is 4.90 Å². The fourth-order valence-corrected chi connectivity index (χ4v) is 1.66. The first-order valence-corrected chi connectivity index (χ1v) is 4.49. The summed E-state index contributed by atoms with van der Waals surface area (Å²) in [4.78, 5) is 5.19. The Kier molecular flexibility index (Phi) is 3.38. The Morgan fingerprint density at radius 1 is 1.67 bits per heavy atom. The van der Waals surface area contributed by atoms with Gasteiger partial charge in [0.05, 0.1) is 6.04 Å². The molecule has 1 fully saturated rings. The van der Waals surface area contributed by atoms with Crippen molar-refractivity contribution in [3.05, 3.63) is 10.4 Å². The van der Waals surface area contributed by atoms with Crippen LogP contribution in [0.15, 0.2) is 5.11 Å². The third-order valence-corrected chi connectivity index (χ3v) is 2.09. The molecule has 1 aliphatic heterocycles. The number of hydrogen-bond donors (Lipinski definition) is 0. The van der Waals surface area contributed by atoms with Gasteiger partial charge >= 0.3 is 0 Å². The van der Waals surface area contributed by atoms with Gasteiger partial charge in [-0.2, -0.15) is 0 Å². The van der Waals surface area contributed by atoms with Crippen molar-refractivity contribution in [1.82, 2.24) is 4.90 Å². The van der Waals surface area contributed by atoms with Crippen LogP contribution >= 0.6 is 0 Å². The van der Waals surface area contributed by atoms with E-state index in [1.54, 1.807) is 0 Å². The molecule has 1 heterocycles. The SMILES string of the molecule is CC(C)CN1CC[C@H](N=[N+]=[N-])C1. The molecule has 0 spiro atoms. The van der Waals surface area contributed by atoms with Gasteiger partial charge in [-0.15, -0.1) is 0 Å². The van der Waals surface area contributed by atoms with Gasteiger partial charge in [-0.1, -0.05) is 19.0 Å². The molecular formula is C8H16N4. The Morgan fingerprint density at radius 3 is 3.00 bits per heavy atom. The van der Waals surface area contributed by atoms with E-state index in [2.05, 4.69) is 28.8 Å². The molecule has 0 aliphatic carbocycles. The molecule has 1 rings (SSSR count). The van der Waals surface area contributed by atoms with Crippen molar-refractivity contribution in [3.63, 3.8) is 0 Å². The molecule has 0 radical (unpaired) electrons. The zero-order valence-electron chi connectivity index (χ0n) is 7.77. The summed E-state index contributed by atoms with van der Waals surface area (Å²) in [5, 5.41) is 3.72. The molecule has 1 saturated heterocycles. The Bertz CT molecular complexity index is 183. The molecule has 0 aromatic carbocycles. The maximum Gasteiger partial charge on any atom is 0.0513 e. The first-order chi connectivity index (χ1) is 5.72. The van der Waals surface area contributed by atoms with E-state index in [4.69, 9.17) is 5.53 Å². The van der Waals surface area contributed by atoms with Crippen molar-refractivity contribution in [2.45, 2.75) is 26.3 Å². The molecule has 0 unspecified atom stereocenters. The molecule has 0 saturated carbocycles. The van der Waals surface area contributed by atoms with E-state index in [1.807, 2.05) is 0 Å². The summed E-state index contributed by atoms with van der Waals surface area (Å²) >= 11 is 0. The van der Waals surface area contributed by atoms with E-state index < -0.39 is 0 Å². The fraction of sp³-hybridized carbons (Fsp3) is 1.00. The van der Waals surface area contributed by atoms with Crippen molar-refractivity contribution >= 4 is 0 Å². The smallest absolute Gasteiger partial charge is 0.0513 e. The minimum absolute atomic E-state index is 0.216. The zero-order chi connectivity index (χ0) is 8.97. The van der Waals surface area contributed by atoms with Gasteiger partial charge in [0.1, 0.15) is 0 Å². The normalized spacial score (nSPS) is 24.4. The summed E-state index contributed by atoms with van der Waals surface area (Å²) in [6.07, 6.45) is 1.02. The third-order valence-electron chi connectivity index (χ3n) is 2.09. The summed E-state index contributed by atoms with van der Waals surface area (Å²) in [6, 6.07) is 0.216. The predicted octanol–water partition coefficient (Wildman–Crippen LogP) is 2.03. The number of hydrogen-bond acceptors (Lipinski definition) is 2. The van der Waals surface area contributed by atoms with Crippen molar-refractivity contribution in [3.8, 4) is 0 Å². The van der Waals surface area contributed by atoms with Crippen molar-refractivity contribution in [2.24, 2.45) is 11.0 Å². The summed E-state index contributed by atoms with van der Waals surface area (Å²) in [5.74, 6) is 0.704. The van der Waals surface area contributed by atoms with E-state index in [9.17, 15) is 0 Å². The number of azide groups is 1. The molecule has 1 aliphatic rings. The van der Waals surface area contributed by atoms with E-state index in [1.165, 1.54) is 0 Å².